The zero-order valence-electron chi connectivity index (χ0n) is 7.35. The largest absolute Gasteiger partial charge is 0.321 e. The molecule has 0 radical (unpaired) electrons. The number of hydrogen-bond acceptors (Lipinski definition) is 2. The summed E-state index contributed by atoms with van der Waals surface area (Å²) in [6.45, 7) is 6.33. The molecule has 0 fully saturated rings. The lowest BCUT2D eigenvalue weighted by Crippen LogP contribution is -2.31. The van der Waals surface area contributed by atoms with Gasteiger partial charge < -0.3 is 5.73 Å². The van der Waals surface area contributed by atoms with Gasteiger partial charge in [0.1, 0.15) is 0 Å². The average Bonchev–Trinajstić information content (AvgIpc) is 2.36. The number of hydrogen-bond donors (Lipinski definition) is 1. The molecule has 0 aliphatic carbocycles. The fraction of sp³-hybridized carbons (Fsp3) is 0.556. The minimum absolute atomic E-state index is 0.127. The van der Waals surface area contributed by atoms with Gasteiger partial charge in [0.05, 0.1) is 0 Å². The molecule has 2 heteroatoms. The molecule has 2 N–H and O–H groups in total. The summed E-state index contributed by atoms with van der Waals surface area (Å²) in [5, 5.41) is 2.10. The molecule has 0 aromatic carbocycles. The third-order valence-corrected chi connectivity index (χ3v) is 3.41. The maximum absolute atomic E-state index is 6.09. The van der Waals surface area contributed by atoms with E-state index in [1.54, 1.807) is 11.3 Å². The topological polar surface area (TPSA) is 26.0 Å². The van der Waals surface area contributed by atoms with Crippen LogP contribution in [0.5, 0.6) is 0 Å². The van der Waals surface area contributed by atoms with Gasteiger partial charge in [-0.2, -0.15) is 0 Å². The molecule has 1 nitrogen and oxygen atoms in total. The Bertz CT molecular complexity index is 237. The van der Waals surface area contributed by atoms with Gasteiger partial charge in [-0.05, 0) is 37.3 Å². The van der Waals surface area contributed by atoms with E-state index >= 15 is 0 Å². The summed E-state index contributed by atoms with van der Waals surface area (Å²) in [5.41, 5.74) is 7.29. The van der Waals surface area contributed by atoms with Crippen LogP contribution in [-0.2, 0) is 5.54 Å². The first-order valence-corrected chi connectivity index (χ1v) is 4.79. The van der Waals surface area contributed by atoms with Crippen molar-refractivity contribution in [2.24, 2.45) is 5.73 Å². The van der Waals surface area contributed by atoms with Crippen molar-refractivity contribution in [3.63, 3.8) is 0 Å². The summed E-state index contributed by atoms with van der Waals surface area (Å²) in [6, 6.07) is 2.13. The van der Waals surface area contributed by atoms with E-state index in [0.717, 1.165) is 6.42 Å². The second-order valence-corrected chi connectivity index (χ2v) is 4.12. The normalized spacial score (nSPS) is 16.4. The van der Waals surface area contributed by atoms with Crippen LogP contribution in [-0.4, -0.2) is 0 Å². The maximum Gasteiger partial charge on any atom is 0.0475 e. The molecule has 62 valence electrons. The molecule has 1 aromatic heterocycles. The van der Waals surface area contributed by atoms with Crippen LogP contribution in [0.3, 0.4) is 0 Å². The number of rotatable bonds is 2. The van der Waals surface area contributed by atoms with Crippen molar-refractivity contribution in [2.45, 2.75) is 32.7 Å². The Balaban J connectivity index is 3.00. The number of nitrogens with two attached hydrogens (primary N) is 1. The van der Waals surface area contributed by atoms with Crippen molar-refractivity contribution in [3.8, 4) is 0 Å². The monoisotopic (exact) mass is 169 g/mol. The van der Waals surface area contributed by atoms with E-state index in [0.29, 0.717) is 0 Å². The van der Waals surface area contributed by atoms with E-state index in [1.807, 2.05) is 0 Å². The molecule has 0 bridgehead atoms. The maximum atomic E-state index is 6.09. The second-order valence-electron chi connectivity index (χ2n) is 3.20. The lowest BCUT2D eigenvalue weighted by atomic mass is 9.96. The first-order chi connectivity index (χ1) is 5.08. The van der Waals surface area contributed by atoms with Crippen molar-refractivity contribution in [3.05, 3.63) is 21.9 Å². The standard InChI is InChI=1S/C9H15NS/c1-4-9(3,10)8-7(2)5-6-11-8/h5-6H,4,10H2,1-3H3/t9-/m1/s1. The first-order valence-electron chi connectivity index (χ1n) is 3.91. The summed E-state index contributed by atoms with van der Waals surface area (Å²) >= 11 is 1.76. The Labute approximate surface area is 72.2 Å². The first kappa shape index (κ1) is 8.75. The van der Waals surface area contributed by atoms with Crippen LogP contribution in [0, 0.1) is 6.92 Å². The molecule has 11 heavy (non-hydrogen) atoms. The van der Waals surface area contributed by atoms with Crippen LogP contribution < -0.4 is 5.73 Å². The molecule has 1 aromatic rings. The molecule has 0 aliphatic rings. The van der Waals surface area contributed by atoms with Gasteiger partial charge in [0, 0.05) is 10.4 Å². The van der Waals surface area contributed by atoms with Gasteiger partial charge in [0.2, 0.25) is 0 Å². The van der Waals surface area contributed by atoms with Gasteiger partial charge in [-0.25, -0.2) is 0 Å². The molecule has 0 spiro atoms. The van der Waals surface area contributed by atoms with Crippen LogP contribution in [0.15, 0.2) is 11.4 Å². The number of aryl methyl sites for hydroxylation is 1. The average molecular weight is 169 g/mol. The Morgan fingerprint density at radius 1 is 1.64 bits per heavy atom. The third kappa shape index (κ3) is 1.63. The molecule has 1 heterocycles. The Morgan fingerprint density at radius 3 is 2.64 bits per heavy atom. The molecule has 0 saturated carbocycles. The predicted molar refractivity (Wildman–Crippen MR) is 50.9 cm³/mol. The highest BCUT2D eigenvalue weighted by Crippen LogP contribution is 2.29. The van der Waals surface area contributed by atoms with E-state index in [1.165, 1.54) is 10.4 Å². The van der Waals surface area contributed by atoms with E-state index in [-0.39, 0.29) is 5.54 Å². The van der Waals surface area contributed by atoms with Gasteiger partial charge in [0.25, 0.3) is 0 Å². The Kier molecular flexibility index (Phi) is 2.35. The summed E-state index contributed by atoms with van der Waals surface area (Å²) in [7, 11) is 0. The van der Waals surface area contributed by atoms with E-state index in [9.17, 15) is 0 Å². The lowest BCUT2D eigenvalue weighted by Gasteiger charge is -2.22. The SMILES string of the molecule is CC[C@@](C)(N)c1sccc1C. The molecule has 0 aliphatic heterocycles. The van der Waals surface area contributed by atoms with E-state index in [2.05, 4.69) is 32.2 Å². The van der Waals surface area contributed by atoms with Gasteiger partial charge in [-0.1, -0.05) is 6.92 Å². The summed E-state index contributed by atoms with van der Waals surface area (Å²) < 4.78 is 0. The zero-order chi connectivity index (χ0) is 8.48. The highest BCUT2D eigenvalue weighted by atomic mass is 32.1. The van der Waals surface area contributed by atoms with Gasteiger partial charge in [0.15, 0.2) is 0 Å². The van der Waals surface area contributed by atoms with E-state index in [4.69, 9.17) is 5.73 Å². The minimum atomic E-state index is -0.127. The highest BCUT2D eigenvalue weighted by molar-refractivity contribution is 7.10. The summed E-state index contributed by atoms with van der Waals surface area (Å²) in [5.74, 6) is 0. The van der Waals surface area contributed by atoms with Crippen molar-refractivity contribution in [2.75, 3.05) is 0 Å². The molecule has 0 saturated heterocycles. The molecule has 1 atom stereocenters. The van der Waals surface area contributed by atoms with Crippen LogP contribution in [0.2, 0.25) is 0 Å². The fourth-order valence-corrected chi connectivity index (χ4v) is 2.19. The molecule has 0 amide bonds. The van der Waals surface area contributed by atoms with Crippen LogP contribution in [0.1, 0.15) is 30.7 Å². The Morgan fingerprint density at radius 2 is 2.27 bits per heavy atom. The molecule has 1 rings (SSSR count). The van der Waals surface area contributed by atoms with Gasteiger partial charge >= 0.3 is 0 Å². The van der Waals surface area contributed by atoms with Crippen LogP contribution in [0.25, 0.3) is 0 Å². The van der Waals surface area contributed by atoms with E-state index < -0.39 is 0 Å². The molecular weight excluding hydrogens is 154 g/mol. The number of thiophene rings is 1. The van der Waals surface area contributed by atoms with Gasteiger partial charge in [-0.3, -0.25) is 0 Å². The summed E-state index contributed by atoms with van der Waals surface area (Å²) in [6.07, 6.45) is 0.994. The summed E-state index contributed by atoms with van der Waals surface area (Å²) in [4.78, 5) is 1.32. The van der Waals surface area contributed by atoms with Crippen LogP contribution >= 0.6 is 11.3 Å². The third-order valence-electron chi connectivity index (χ3n) is 2.12. The fourth-order valence-electron chi connectivity index (χ4n) is 1.12. The smallest absolute Gasteiger partial charge is 0.0475 e. The van der Waals surface area contributed by atoms with Crippen molar-refractivity contribution in [1.82, 2.24) is 0 Å². The second kappa shape index (κ2) is 2.95. The van der Waals surface area contributed by atoms with Crippen molar-refractivity contribution >= 4 is 11.3 Å². The quantitative estimate of drug-likeness (QED) is 0.723. The lowest BCUT2D eigenvalue weighted by molar-refractivity contribution is 0.484. The Hall–Kier alpha value is -0.340. The molecular formula is C9H15NS. The highest BCUT2D eigenvalue weighted by Gasteiger charge is 2.21. The zero-order valence-corrected chi connectivity index (χ0v) is 8.16. The minimum Gasteiger partial charge on any atom is -0.321 e. The van der Waals surface area contributed by atoms with Crippen molar-refractivity contribution < 1.29 is 0 Å². The van der Waals surface area contributed by atoms with Crippen molar-refractivity contribution in [1.29, 1.82) is 0 Å². The predicted octanol–water partition coefficient (Wildman–Crippen LogP) is 2.64. The van der Waals surface area contributed by atoms with Crippen LogP contribution in [0.4, 0.5) is 0 Å². The molecule has 0 unspecified atom stereocenters. The van der Waals surface area contributed by atoms with Gasteiger partial charge in [-0.15, -0.1) is 11.3 Å².